The Morgan fingerprint density at radius 2 is 1.96 bits per heavy atom. The molecule has 1 aliphatic rings. The second-order valence-electron chi connectivity index (χ2n) is 7.64. The molecule has 0 amide bonds. The molecule has 2 N–H and O–H groups in total. The molecule has 0 aliphatic heterocycles. The number of hydrogen-bond acceptors (Lipinski definition) is 3. The van der Waals surface area contributed by atoms with Crippen molar-refractivity contribution in [3.8, 4) is 0 Å². The first-order valence-corrected chi connectivity index (χ1v) is 9.75. The number of furan rings is 1. The summed E-state index contributed by atoms with van der Waals surface area (Å²) >= 11 is 0. The van der Waals surface area contributed by atoms with Crippen LogP contribution in [0.4, 0.5) is 0 Å². The lowest BCUT2D eigenvalue weighted by atomic mass is 9.93. The van der Waals surface area contributed by atoms with Gasteiger partial charge in [0.1, 0.15) is 5.76 Å². The largest absolute Gasteiger partial charge is 0.469 e. The normalized spacial score (nSPS) is 20.9. The molecule has 0 saturated heterocycles. The van der Waals surface area contributed by atoms with Crippen LogP contribution in [0.15, 0.2) is 27.8 Å². The van der Waals surface area contributed by atoms with Gasteiger partial charge in [0.15, 0.2) is 5.96 Å². The fraction of sp³-hybridized carbons (Fsp3) is 0.750. The average Bonchev–Trinajstić information content (AvgIpc) is 3.07. The van der Waals surface area contributed by atoms with Gasteiger partial charge in [-0.25, -0.2) is 0 Å². The van der Waals surface area contributed by atoms with Crippen molar-refractivity contribution in [3.05, 3.63) is 24.2 Å². The van der Waals surface area contributed by atoms with Crippen LogP contribution in [0.2, 0.25) is 0 Å². The number of halogens is 1. The number of nitrogens with one attached hydrogen (secondary N) is 2. The fourth-order valence-electron chi connectivity index (χ4n) is 3.11. The first-order chi connectivity index (χ1) is 12.0. The molecular formula is C20H36IN3O2. The lowest BCUT2D eigenvalue weighted by Gasteiger charge is -2.31. The van der Waals surface area contributed by atoms with Crippen molar-refractivity contribution in [1.82, 2.24) is 10.6 Å². The van der Waals surface area contributed by atoms with Gasteiger partial charge in [-0.1, -0.05) is 13.8 Å². The van der Waals surface area contributed by atoms with Gasteiger partial charge in [0.25, 0.3) is 0 Å². The van der Waals surface area contributed by atoms with Crippen LogP contribution in [0.25, 0.3) is 0 Å². The highest BCUT2D eigenvalue weighted by atomic mass is 127. The molecule has 1 aromatic heterocycles. The highest BCUT2D eigenvalue weighted by Gasteiger charge is 2.23. The number of aliphatic imine (C=N–C) groups is 1. The van der Waals surface area contributed by atoms with Crippen LogP contribution < -0.4 is 10.6 Å². The minimum absolute atomic E-state index is 0. The standard InChI is InChI=1S/C20H35N3O2.HI/c1-15(2)14-22-20(21-12-11-18-6-5-13-24-18)23-17-7-9-19(10-8-17)25-16(3)4;/h5-6,13,15-17,19H,7-12,14H2,1-4H3,(H2,21,22,23);1H. The molecule has 2 rings (SSSR count). The van der Waals surface area contributed by atoms with Gasteiger partial charge in [0, 0.05) is 25.6 Å². The Bertz CT molecular complexity index is 495. The summed E-state index contributed by atoms with van der Waals surface area (Å²) < 4.78 is 11.3. The maximum Gasteiger partial charge on any atom is 0.191 e. The molecule has 1 aliphatic carbocycles. The van der Waals surface area contributed by atoms with Crippen LogP contribution in [0.5, 0.6) is 0 Å². The van der Waals surface area contributed by atoms with Gasteiger partial charge in [-0.2, -0.15) is 0 Å². The zero-order chi connectivity index (χ0) is 18.1. The Hall–Kier alpha value is -0.760. The zero-order valence-corrected chi connectivity index (χ0v) is 19.0. The molecule has 1 saturated carbocycles. The van der Waals surface area contributed by atoms with E-state index in [2.05, 4.69) is 38.3 Å². The van der Waals surface area contributed by atoms with Gasteiger partial charge in [-0.05, 0) is 57.6 Å². The maximum atomic E-state index is 5.95. The second kappa shape index (κ2) is 12.6. The van der Waals surface area contributed by atoms with E-state index in [0.29, 0.717) is 24.2 Å². The van der Waals surface area contributed by atoms with Crippen molar-refractivity contribution < 1.29 is 9.15 Å². The van der Waals surface area contributed by atoms with Gasteiger partial charge < -0.3 is 19.8 Å². The SMILES string of the molecule is CC(C)CN=C(NCCc1ccco1)NC1CCC(OC(C)C)CC1.I. The highest BCUT2D eigenvalue weighted by Crippen LogP contribution is 2.22. The van der Waals surface area contributed by atoms with Gasteiger partial charge in [-0.3, -0.25) is 4.99 Å². The van der Waals surface area contributed by atoms with E-state index in [0.717, 1.165) is 56.9 Å². The lowest BCUT2D eigenvalue weighted by molar-refractivity contribution is -0.0152. The summed E-state index contributed by atoms with van der Waals surface area (Å²) in [6.07, 6.45) is 7.85. The third kappa shape index (κ3) is 9.26. The molecule has 150 valence electrons. The molecule has 1 aromatic rings. The lowest BCUT2D eigenvalue weighted by Crippen LogP contribution is -2.46. The predicted molar refractivity (Wildman–Crippen MR) is 118 cm³/mol. The topological polar surface area (TPSA) is 58.8 Å². The number of nitrogens with zero attached hydrogens (tertiary/aromatic N) is 1. The predicted octanol–water partition coefficient (Wildman–Crippen LogP) is 4.37. The molecule has 6 heteroatoms. The summed E-state index contributed by atoms with van der Waals surface area (Å²) in [6.45, 7) is 10.3. The van der Waals surface area contributed by atoms with Crippen LogP contribution >= 0.6 is 24.0 Å². The van der Waals surface area contributed by atoms with Gasteiger partial charge in [0.05, 0.1) is 18.5 Å². The van der Waals surface area contributed by atoms with Gasteiger partial charge in [0.2, 0.25) is 0 Å². The molecule has 1 fully saturated rings. The van der Waals surface area contributed by atoms with Crippen molar-refractivity contribution in [1.29, 1.82) is 0 Å². The van der Waals surface area contributed by atoms with Crippen molar-refractivity contribution >= 4 is 29.9 Å². The molecule has 26 heavy (non-hydrogen) atoms. The molecule has 1 heterocycles. The first kappa shape index (κ1) is 23.3. The first-order valence-electron chi connectivity index (χ1n) is 9.75. The summed E-state index contributed by atoms with van der Waals surface area (Å²) in [5, 5.41) is 7.07. The summed E-state index contributed by atoms with van der Waals surface area (Å²) in [4.78, 5) is 4.74. The van der Waals surface area contributed by atoms with Crippen molar-refractivity contribution in [2.24, 2.45) is 10.9 Å². The molecule has 0 aromatic carbocycles. The van der Waals surface area contributed by atoms with E-state index in [1.54, 1.807) is 6.26 Å². The Labute approximate surface area is 175 Å². The van der Waals surface area contributed by atoms with Gasteiger partial charge >= 0.3 is 0 Å². The molecule has 5 nitrogen and oxygen atoms in total. The van der Waals surface area contributed by atoms with Crippen LogP contribution in [-0.4, -0.2) is 37.3 Å². The van der Waals surface area contributed by atoms with E-state index in [1.807, 2.05) is 12.1 Å². The van der Waals surface area contributed by atoms with Crippen molar-refractivity contribution in [3.63, 3.8) is 0 Å². The van der Waals surface area contributed by atoms with E-state index in [4.69, 9.17) is 14.1 Å². The maximum absolute atomic E-state index is 5.95. The third-order valence-electron chi connectivity index (χ3n) is 4.34. The van der Waals surface area contributed by atoms with Gasteiger partial charge in [-0.15, -0.1) is 24.0 Å². The third-order valence-corrected chi connectivity index (χ3v) is 4.34. The minimum Gasteiger partial charge on any atom is -0.469 e. The Morgan fingerprint density at radius 3 is 2.54 bits per heavy atom. The van der Waals surface area contributed by atoms with E-state index in [1.165, 1.54) is 0 Å². The zero-order valence-electron chi connectivity index (χ0n) is 16.7. The monoisotopic (exact) mass is 477 g/mol. The molecule has 0 radical (unpaired) electrons. The van der Waals surface area contributed by atoms with Crippen LogP contribution in [-0.2, 0) is 11.2 Å². The summed E-state index contributed by atoms with van der Waals surface area (Å²) in [6, 6.07) is 4.42. The number of hydrogen-bond donors (Lipinski definition) is 2. The van der Waals surface area contributed by atoms with Crippen LogP contribution in [0.1, 0.15) is 59.1 Å². The number of ether oxygens (including phenoxy) is 1. The summed E-state index contributed by atoms with van der Waals surface area (Å²) in [5.74, 6) is 2.48. The van der Waals surface area contributed by atoms with Crippen LogP contribution in [0.3, 0.4) is 0 Å². The highest BCUT2D eigenvalue weighted by molar-refractivity contribution is 14.0. The van der Waals surface area contributed by atoms with E-state index >= 15 is 0 Å². The van der Waals surface area contributed by atoms with Crippen molar-refractivity contribution in [2.75, 3.05) is 13.1 Å². The summed E-state index contributed by atoms with van der Waals surface area (Å²) in [7, 11) is 0. The molecular weight excluding hydrogens is 441 g/mol. The number of rotatable bonds is 8. The second-order valence-corrected chi connectivity index (χ2v) is 7.64. The van der Waals surface area contributed by atoms with Crippen LogP contribution in [0, 0.1) is 5.92 Å². The number of guanidine groups is 1. The van der Waals surface area contributed by atoms with E-state index in [9.17, 15) is 0 Å². The quantitative estimate of drug-likeness (QED) is 0.332. The molecule has 0 atom stereocenters. The minimum atomic E-state index is 0. The Morgan fingerprint density at radius 1 is 1.23 bits per heavy atom. The fourth-order valence-corrected chi connectivity index (χ4v) is 3.11. The molecule has 0 spiro atoms. The summed E-state index contributed by atoms with van der Waals surface area (Å²) in [5.41, 5.74) is 0. The Balaban J connectivity index is 0.00000338. The molecule has 0 unspecified atom stereocenters. The average molecular weight is 477 g/mol. The Kier molecular flexibility index (Phi) is 11.3. The van der Waals surface area contributed by atoms with E-state index in [-0.39, 0.29) is 24.0 Å². The van der Waals surface area contributed by atoms with Crippen molar-refractivity contribution in [2.45, 2.75) is 78.0 Å². The van der Waals surface area contributed by atoms with E-state index < -0.39 is 0 Å². The molecule has 0 bridgehead atoms. The smallest absolute Gasteiger partial charge is 0.191 e.